The lowest BCUT2D eigenvalue weighted by atomic mass is 10.00. The molecule has 1 aromatic carbocycles. The molecule has 90 valence electrons. The molecule has 4 heteroatoms. The van der Waals surface area contributed by atoms with Crippen LogP contribution in [0.1, 0.15) is 19.4 Å². The van der Waals surface area contributed by atoms with Crippen molar-refractivity contribution in [3.05, 3.63) is 29.8 Å². The Morgan fingerprint density at radius 2 is 1.47 bits per heavy atom. The van der Waals surface area contributed by atoms with Crippen LogP contribution in [0, 0.1) is 12.8 Å². The Balaban J connectivity index is 2.80. The third-order valence-electron chi connectivity index (χ3n) is 2.39. The maximum absolute atomic E-state index is 11.7. The van der Waals surface area contributed by atoms with Gasteiger partial charge < -0.3 is 5.32 Å². The van der Waals surface area contributed by atoms with Crippen LogP contribution >= 0.6 is 0 Å². The minimum atomic E-state index is -1.21. The van der Waals surface area contributed by atoms with Crippen molar-refractivity contribution in [1.82, 2.24) is 0 Å². The van der Waals surface area contributed by atoms with Gasteiger partial charge in [0, 0.05) is 5.69 Å². The van der Waals surface area contributed by atoms with Crippen molar-refractivity contribution in [1.29, 1.82) is 0 Å². The Labute approximate surface area is 100 Å². The number of hydrogen-bond donors (Lipinski definition) is 1. The number of carbonyl (C=O) groups is 3. The van der Waals surface area contributed by atoms with E-state index in [1.165, 1.54) is 13.8 Å². The quantitative estimate of drug-likeness (QED) is 0.805. The zero-order valence-electron chi connectivity index (χ0n) is 10.1. The highest BCUT2D eigenvalue weighted by molar-refractivity contribution is 6.20. The fourth-order valence-electron chi connectivity index (χ4n) is 1.51. The second-order valence-corrected chi connectivity index (χ2v) is 4.01. The van der Waals surface area contributed by atoms with Gasteiger partial charge in [-0.15, -0.1) is 0 Å². The van der Waals surface area contributed by atoms with Gasteiger partial charge in [-0.25, -0.2) is 0 Å². The van der Waals surface area contributed by atoms with E-state index in [1.807, 2.05) is 19.1 Å². The molecule has 0 aliphatic heterocycles. The molecule has 1 aromatic rings. The van der Waals surface area contributed by atoms with Crippen LogP contribution in [0.4, 0.5) is 5.69 Å². The molecule has 0 saturated carbocycles. The predicted octanol–water partition coefficient (Wildman–Crippen LogP) is 1.73. The van der Waals surface area contributed by atoms with Gasteiger partial charge >= 0.3 is 0 Å². The van der Waals surface area contributed by atoms with Crippen LogP contribution in [0.15, 0.2) is 24.3 Å². The topological polar surface area (TPSA) is 63.2 Å². The van der Waals surface area contributed by atoms with Crippen molar-refractivity contribution < 1.29 is 14.4 Å². The Bertz CT molecular complexity index is 434. The first kappa shape index (κ1) is 13.1. The molecule has 4 nitrogen and oxygen atoms in total. The lowest BCUT2D eigenvalue weighted by molar-refractivity contribution is -0.136. The van der Waals surface area contributed by atoms with Crippen molar-refractivity contribution in [2.45, 2.75) is 20.8 Å². The summed E-state index contributed by atoms with van der Waals surface area (Å²) in [7, 11) is 0. The zero-order chi connectivity index (χ0) is 13.0. The lowest BCUT2D eigenvalue weighted by Crippen LogP contribution is -2.33. The maximum atomic E-state index is 11.7. The minimum Gasteiger partial charge on any atom is -0.325 e. The van der Waals surface area contributed by atoms with Gasteiger partial charge in [-0.05, 0) is 32.9 Å². The van der Waals surface area contributed by atoms with E-state index in [9.17, 15) is 14.4 Å². The SMILES string of the molecule is CC(=O)C(C(C)=O)C(=O)Nc1ccc(C)cc1. The van der Waals surface area contributed by atoms with Gasteiger partial charge in [0.15, 0.2) is 5.92 Å². The fourth-order valence-corrected chi connectivity index (χ4v) is 1.51. The maximum Gasteiger partial charge on any atom is 0.242 e. The number of Topliss-reactive ketones (excluding diaryl/α,β-unsaturated/α-hetero) is 2. The van der Waals surface area contributed by atoms with E-state index in [2.05, 4.69) is 5.32 Å². The second-order valence-electron chi connectivity index (χ2n) is 4.01. The number of carbonyl (C=O) groups excluding carboxylic acids is 3. The normalized spacial score (nSPS) is 10.1. The highest BCUT2D eigenvalue weighted by Gasteiger charge is 2.27. The summed E-state index contributed by atoms with van der Waals surface area (Å²) in [6.07, 6.45) is 0. The Kier molecular flexibility index (Phi) is 4.15. The number of hydrogen-bond acceptors (Lipinski definition) is 3. The average Bonchev–Trinajstić information content (AvgIpc) is 2.20. The number of aryl methyl sites for hydroxylation is 1. The fraction of sp³-hybridized carbons (Fsp3) is 0.308. The second kappa shape index (κ2) is 5.39. The molecule has 0 atom stereocenters. The molecule has 1 amide bonds. The number of amides is 1. The molecular weight excluding hydrogens is 218 g/mol. The first-order chi connectivity index (χ1) is 7.91. The van der Waals surface area contributed by atoms with E-state index in [0.29, 0.717) is 5.69 Å². The van der Waals surface area contributed by atoms with E-state index in [-0.39, 0.29) is 0 Å². The third-order valence-corrected chi connectivity index (χ3v) is 2.39. The van der Waals surface area contributed by atoms with Crippen LogP contribution in [0.25, 0.3) is 0 Å². The van der Waals surface area contributed by atoms with Crippen LogP contribution in [0.3, 0.4) is 0 Å². The summed E-state index contributed by atoms with van der Waals surface area (Å²) in [6.45, 7) is 4.40. The van der Waals surface area contributed by atoms with Crippen LogP contribution in [0.5, 0.6) is 0 Å². The molecule has 0 fully saturated rings. The highest BCUT2D eigenvalue weighted by Crippen LogP contribution is 2.11. The van der Waals surface area contributed by atoms with Crippen molar-refractivity contribution in [2.75, 3.05) is 5.32 Å². The average molecular weight is 233 g/mol. The number of rotatable bonds is 4. The van der Waals surface area contributed by atoms with Crippen molar-refractivity contribution in [3.63, 3.8) is 0 Å². The van der Waals surface area contributed by atoms with Crippen LogP contribution < -0.4 is 5.32 Å². The molecule has 17 heavy (non-hydrogen) atoms. The van der Waals surface area contributed by atoms with Crippen molar-refractivity contribution in [2.24, 2.45) is 5.92 Å². The molecule has 1 rings (SSSR count). The highest BCUT2D eigenvalue weighted by atomic mass is 16.2. The molecule has 0 saturated heterocycles. The Hall–Kier alpha value is -1.97. The number of benzene rings is 1. The number of nitrogens with one attached hydrogen (secondary N) is 1. The zero-order valence-corrected chi connectivity index (χ0v) is 10.1. The van der Waals surface area contributed by atoms with E-state index >= 15 is 0 Å². The Morgan fingerprint density at radius 3 is 1.88 bits per heavy atom. The largest absolute Gasteiger partial charge is 0.325 e. The van der Waals surface area contributed by atoms with E-state index < -0.39 is 23.4 Å². The molecule has 0 aromatic heterocycles. The van der Waals surface area contributed by atoms with E-state index in [1.54, 1.807) is 12.1 Å². The Morgan fingerprint density at radius 1 is 1.00 bits per heavy atom. The summed E-state index contributed by atoms with van der Waals surface area (Å²) in [5.41, 5.74) is 1.64. The summed E-state index contributed by atoms with van der Waals surface area (Å²) in [6, 6.07) is 7.13. The summed E-state index contributed by atoms with van der Waals surface area (Å²) in [5, 5.41) is 2.55. The van der Waals surface area contributed by atoms with Gasteiger partial charge in [0.1, 0.15) is 11.6 Å². The standard InChI is InChI=1S/C13H15NO3/c1-8-4-6-11(7-5-8)14-13(17)12(9(2)15)10(3)16/h4-7,12H,1-3H3,(H,14,17). The van der Waals surface area contributed by atoms with Crippen molar-refractivity contribution in [3.8, 4) is 0 Å². The van der Waals surface area contributed by atoms with Crippen LogP contribution in [0.2, 0.25) is 0 Å². The third kappa shape index (κ3) is 3.52. The number of ketones is 2. The van der Waals surface area contributed by atoms with Crippen LogP contribution in [-0.2, 0) is 14.4 Å². The van der Waals surface area contributed by atoms with E-state index in [0.717, 1.165) is 5.56 Å². The molecular formula is C13H15NO3. The monoisotopic (exact) mass is 233 g/mol. The van der Waals surface area contributed by atoms with Gasteiger partial charge in [-0.2, -0.15) is 0 Å². The van der Waals surface area contributed by atoms with Gasteiger partial charge in [-0.1, -0.05) is 17.7 Å². The molecule has 0 radical (unpaired) electrons. The molecule has 0 heterocycles. The van der Waals surface area contributed by atoms with Gasteiger partial charge in [-0.3, -0.25) is 14.4 Å². The van der Waals surface area contributed by atoms with Crippen LogP contribution in [-0.4, -0.2) is 17.5 Å². The number of anilines is 1. The summed E-state index contributed by atoms with van der Waals surface area (Å²) in [5.74, 6) is -2.67. The molecule has 0 aliphatic carbocycles. The molecule has 0 spiro atoms. The lowest BCUT2D eigenvalue weighted by Gasteiger charge is -2.11. The minimum absolute atomic E-state index is 0.442. The molecule has 0 unspecified atom stereocenters. The predicted molar refractivity (Wildman–Crippen MR) is 64.7 cm³/mol. The summed E-state index contributed by atoms with van der Waals surface area (Å²) in [4.78, 5) is 34.1. The van der Waals surface area contributed by atoms with Gasteiger partial charge in [0.05, 0.1) is 0 Å². The molecule has 1 N–H and O–H groups in total. The summed E-state index contributed by atoms with van der Waals surface area (Å²) >= 11 is 0. The van der Waals surface area contributed by atoms with E-state index in [4.69, 9.17) is 0 Å². The van der Waals surface area contributed by atoms with Gasteiger partial charge in [0.2, 0.25) is 5.91 Å². The van der Waals surface area contributed by atoms with Crippen molar-refractivity contribution >= 4 is 23.2 Å². The smallest absolute Gasteiger partial charge is 0.242 e. The molecule has 0 bridgehead atoms. The summed E-state index contributed by atoms with van der Waals surface area (Å²) < 4.78 is 0. The molecule has 0 aliphatic rings. The first-order valence-electron chi connectivity index (χ1n) is 5.30. The first-order valence-corrected chi connectivity index (χ1v) is 5.30. The van der Waals surface area contributed by atoms with Gasteiger partial charge in [0.25, 0.3) is 0 Å².